The fourth-order valence-electron chi connectivity index (χ4n) is 2.27. The summed E-state index contributed by atoms with van der Waals surface area (Å²) in [6, 6.07) is 4.51. The van der Waals surface area contributed by atoms with Crippen LogP contribution >= 0.6 is 0 Å². The molecule has 1 aromatic carbocycles. The maximum absolute atomic E-state index is 13.1. The molecule has 4 nitrogen and oxygen atoms in total. The van der Waals surface area contributed by atoms with Gasteiger partial charge < -0.3 is 9.64 Å². The zero-order chi connectivity index (χ0) is 20.9. The largest absolute Gasteiger partial charge is 0.476 e. The molecule has 0 fully saturated rings. The first-order valence-corrected chi connectivity index (χ1v) is 7.64. The summed E-state index contributed by atoms with van der Waals surface area (Å²) in [5, 5.41) is 0. The van der Waals surface area contributed by atoms with E-state index in [9.17, 15) is 30.7 Å². The van der Waals surface area contributed by atoms with E-state index in [1.54, 1.807) is 0 Å². The van der Waals surface area contributed by atoms with Crippen molar-refractivity contribution in [3.05, 3.63) is 59.3 Å². The molecule has 0 aliphatic heterocycles. The predicted molar refractivity (Wildman–Crippen MR) is 85.7 cm³/mol. The molecule has 2 rings (SSSR count). The molecule has 2 aromatic rings. The summed E-state index contributed by atoms with van der Waals surface area (Å²) in [7, 11) is 0. The third-order valence-corrected chi connectivity index (χ3v) is 3.45. The van der Waals surface area contributed by atoms with Crippen molar-refractivity contribution in [3.63, 3.8) is 0 Å². The summed E-state index contributed by atoms with van der Waals surface area (Å²) in [6.07, 6.45) is -8.74. The Morgan fingerprint density at radius 3 is 2.32 bits per heavy atom. The summed E-state index contributed by atoms with van der Waals surface area (Å²) in [6.45, 7) is 4.49. The molecule has 1 aromatic heterocycles. The maximum atomic E-state index is 13.1. The number of benzene rings is 1. The Morgan fingerprint density at radius 2 is 1.79 bits per heavy atom. The van der Waals surface area contributed by atoms with Gasteiger partial charge in [-0.1, -0.05) is 6.07 Å². The Morgan fingerprint density at radius 1 is 1.07 bits per heavy atom. The van der Waals surface area contributed by atoms with Gasteiger partial charge in [-0.25, -0.2) is 14.2 Å². The minimum absolute atomic E-state index is 0.0484. The smallest absolute Gasteiger partial charge is 0.407 e. The highest BCUT2D eigenvalue weighted by Gasteiger charge is 2.35. The molecule has 0 bridgehead atoms. The lowest BCUT2D eigenvalue weighted by atomic mass is 10.1. The van der Waals surface area contributed by atoms with E-state index < -0.39 is 42.5 Å². The molecular formula is C17H12F7N3O. The van der Waals surface area contributed by atoms with Crippen LogP contribution in [0.2, 0.25) is 0 Å². The van der Waals surface area contributed by atoms with Crippen molar-refractivity contribution < 1.29 is 35.5 Å². The Hall–Kier alpha value is -3.03. The van der Waals surface area contributed by atoms with Crippen LogP contribution in [0.15, 0.2) is 36.5 Å². The summed E-state index contributed by atoms with van der Waals surface area (Å²) in [5.74, 6) is -0.682. The molecule has 0 unspecified atom stereocenters. The van der Waals surface area contributed by atoms with E-state index in [1.165, 1.54) is 0 Å². The zero-order valence-corrected chi connectivity index (χ0v) is 14.0. The van der Waals surface area contributed by atoms with Gasteiger partial charge in [0.1, 0.15) is 19.0 Å². The number of hydrogen-bond acceptors (Lipinski definition) is 3. The van der Waals surface area contributed by atoms with Crippen LogP contribution in [0.4, 0.5) is 42.1 Å². The molecule has 0 spiro atoms. The monoisotopic (exact) mass is 407 g/mol. The van der Waals surface area contributed by atoms with Crippen LogP contribution in [0, 0.1) is 12.4 Å². The molecule has 0 radical (unpaired) electrons. The molecule has 28 heavy (non-hydrogen) atoms. The first-order chi connectivity index (χ1) is 13.0. The fraction of sp³-hybridized carbons (Fsp3) is 0.294. The highest BCUT2D eigenvalue weighted by atomic mass is 19.4. The number of halogens is 7. The van der Waals surface area contributed by atoms with Crippen molar-refractivity contribution >= 4 is 11.4 Å². The van der Waals surface area contributed by atoms with Crippen LogP contribution in [-0.4, -0.2) is 30.9 Å². The molecule has 1 heterocycles. The first kappa shape index (κ1) is 21.3. The summed E-state index contributed by atoms with van der Waals surface area (Å²) < 4.78 is 95.7. The van der Waals surface area contributed by atoms with E-state index in [1.807, 2.05) is 0 Å². The fourth-order valence-corrected chi connectivity index (χ4v) is 2.27. The molecule has 150 valence electrons. The molecular weight excluding hydrogens is 395 g/mol. The van der Waals surface area contributed by atoms with E-state index in [2.05, 4.69) is 9.83 Å². The van der Waals surface area contributed by atoms with E-state index in [0.29, 0.717) is 11.0 Å². The van der Waals surface area contributed by atoms with Crippen molar-refractivity contribution in [2.24, 2.45) is 0 Å². The number of alkyl halides is 6. The van der Waals surface area contributed by atoms with Gasteiger partial charge >= 0.3 is 12.4 Å². The Labute approximate surface area is 155 Å². The molecule has 0 amide bonds. The van der Waals surface area contributed by atoms with Gasteiger partial charge in [0.25, 0.3) is 0 Å². The quantitative estimate of drug-likeness (QED) is 0.485. The third kappa shape index (κ3) is 6.00. The van der Waals surface area contributed by atoms with Gasteiger partial charge in [-0.05, 0) is 18.2 Å². The van der Waals surface area contributed by atoms with Crippen molar-refractivity contribution in [1.82, 2.24) is 4.98 Å². The second kappa shape index (κ2) is 8.33. The maximum Gasteiger partial charge on any atom is 0.407 e. The lowest BCUT2D eigenvalue weighted by Gasteiger charge is -2.27. The van der Waals surface area contributed by atoms with Crippen LogP contribution in [0.3, 0.4) is 0 Å². The van der Waals surface area contributed by atoms with Gasteiger partial charge in [-0.3, -0.25) is 0 Å². The van der Waals surface area contributed by atoms with Gasteiger partial charge in [0.2, 0.25) is 5.88 Å². The Kier molecular flexibility index (Phi) is 6.33. The summed E-state index contributed by atoms with van der Waals surface area (Å²) >= 11 is 0. The van der Waals surface area contributed by atoms with Crippen molar-refractivity contribution in [1.29, 1.82) is 0 Å². The SMILES string of the molecule is [C-]#[N+]c1ccc(N(CCOc2ccc(F)cn2)CC(F)(F)F)cc1C(F)(F)F. The first-order valence-electron chi connectivity index (χ1n) is 7.64. The third-order valence-electron chi connectivity index (χ3n) is 3.45. The second-order valence-electron chi connectivity index (χ2n) is 5.51. The molecule has 11 heteroatoms. The minimum Gasteiger partial charge on any atom is -0.476 e. The Bertz CT molecular complexity index is 842. The topological polar surface area (TPSA) is 29.7 Å². The Balaban J connectivity index is 2.23. The molecule has 0 N–H and O–H groups in total. The number of hydrogen-bond donors (Lipinski definition) is 0. The van der Waals surface area contributed by atoms with E-state index >= 15 is 0 Å². The van der Waals surface area contributed by atoms with Crippen molar-refractivity contribution in [3.8, 4) is 5.88 Å². The average molecular weight is 407 g/mol. The second-order valence-corrected chi connectivity index (χ2v) is 5.51. The van der Waals surface area contributed by atoms with Gasteiger partial charge in [0.05, 0.1) is 24.9 Å². The van der Waals surface area contributed by atoms with E-state index in [4.69, 9.17) is 11.3 Å². The lowest BCUT2D eigenvalue weighted by Crippen LogP contribution is -2.37. The van der Waals surface area contributed by atoms with Crippen molar-refractivity contribution in [2.45, 2.75) is 12.4 Å². The minimum atomic E-state index is -4.89. The summed E-state index contributed by atoms with van der Waals surface area (Å²) in [4.78, 5) is 6.96. The van der Waals surface area contributed by atoms with Gasteiger partial charge in [-0.2, -0.15) is 26.3 Å². The van der Waals surface area contributed by atoms with E-state index in [-0.39, 0.29) is 18.2 Å². The van der Waals surface area contributed by atoms with Crippen LogP contribution < -0.4 is 9.64 Å². The van der Waals surface area contributed by atoms with Gasteiger partial charge in [0, 0.05) is 11.8 Å². The number of nitrogens with zero attached hydrogens (tertiary/aromatic N) is 3. The van der Waals surface area contributed by atoms with Gasteiger partial charge in [0.15, 0.2) is 5.69 Å². The molecule has 0 atom stereocenters. The molecule has 0 saturated carbocycles. The molecule has 0 saturated heterocycles. The lowest BCUT2D eigenvalue weighted by molar-refractivity contribution is -0.136. The number of pyridine rings is 1. The molecule has 0 aliphatic carbocycles. The van der Waals surface area contributed by atoms with Crippen LogP contribution in [0.1, 0.15) is 5.56 Å². The number of rotatable bonds is 6. The molecule has 0 aliphatic rings. The normalized spacial score (nSPS) is 11.8. The predicted octanol–water partition coefficient (Wildman–Crippen LogP) is 5.24. The van der Waals surface area contributed by atoms with Gasteiger partial charge in [-0.15, -0.1) is 0 Å². The highest BCUT2D eigenvalue weighted by molar-refractivity contribution is 5.62. The van der Waals surface area contributed by atoms with Crippen LogP contribution in [0.5, 0.6) is 5.88 Å². The number of ether oxygens (including phenoxy) is 1. The number of aromatic nitrogens is 1. The zero-order valence-electron chi connectivity index (χ0n) is 14.0. The standard InChI is InChI=1S/C17H12F7N3O/c1-25-14-4-3-12(8-13(14)17(22,23)24)27(10-16(19,20)21)6-7-28-15-5-2-11(18)9-26-15/h2-5,8-9H,6-7,10H2. The summed E-state index contributed by atoms with van der Waals surface area (Å²) in [5.41, 5.74) is -2.41. The number of anilines is 1. The van der Waals surface area contributed by atoms with Crippen molar-refractivity contribution in [2.75, 3.05) is 24.6 Å². The highest BCUT2D eigenvalue weighted by Crippen LogP contribution is 2.39. The average Bonchev–Trinajstić information content (AvgIpc) is 2.60. The van der Waals surface area contributed by atoms with Crippen LogP contribution in [-0.2, 0) is 6.18 Å². The van der Waals surface area contributed by atoms with Crippen LogP contribution in [0.25, 0.3) is 4.85 Å². The van der Waals surface area contributed by atoms with E-state index in [0.717, 1.165) is 30.5 Å².